The van der Waals surface area contributed by atoms with E-state index in [1.165, 1.54) is 48.9 Å². The van der Waals surface area contributed by atoms with Crippen LogP contribution in [0.3, 0.4) is 0 Å². The molecule has 1 aromatic heterocycles. The number of likely N-dealkylation sites (tertiary alicyclic amines) is 1. The Morgan fingerprint density at radius 2 is 1.88 bits per heavy atom. The standard InChI is InChI=1S/C22H25FN2/c1-16-6-4-5-14-25(16)15-13-20-19-7-2-3-8-21(19)24-22(20)17-9-11-18(23)12-10-17/h2-3,7-12,16,24H,4-6,13-15H2,1H3/t16-/m1/s1. The Morgan fingerprint density at radius 3 is 2.68 bits per heavy atom. The van der Waals surface area contributed by atoms with Gasteiger partial charge in [-0.25, -0.2) is 4.39 Å². The van der Waals surface area contributed by atoms with Crippen molar-refractivity contribution in [3.8, 4) is 11.3 Å². The lowest BCUT2D eigenvalue weighted by atomic mass is 10.00. The van der Waals surface area contributed by atoms with Crippen molar-refractivity contribution in [3.63, 3.8) is 0 Å². The summed E-state index contributed by atoms with van der Waals surface area (Å²) in [4.78, 5) is 6.17. The number of piperidine rings is 1. The number of fused-ring (bicyclic) bond motifs is 1. The van der Waals surface area contributed by atoms with Crippen LogP contribution in [0.1, 0.15) is 31.7 Å². The van der Waals surface area contributed by atoms with E-state index in [9.17, 15) is 4.39 Å². The number of hydrogen-bond donors (Lipinski definition) is 1. The molecule has 2 nitrogen and oxygen atoms in total. The van der Waals surface area contributed by atoms with Gasteiger partial charge in [0.2, 0.25) is 0 Å². The van der Waals surface area contributed by atoms with Crippen molar-refractivity contribution in [2.75, 3.05) is 13.1 Å². The molecular weight excluding hydrogens is 311 g/mol. The van der Waals surface area contributed by atoms with Crippen LogP contribution in [0.15, 0.2) is 48.5 Å². The molecule has 1 aliphatic heterocycles. The third kappa shape index (κ3) is 3.34. The Kier molecular flexibility index (Phi) is 4.58. The Bertz CT molecular complexity index is 850. The zero-order valence-corrected chi connectivity index (χ0v) is 14.8. The summed E-state index contributed by atoms with van der Waals surface area (Å²) in [6.45, 7) is 4.63. The molecular formula is C22H25FN2. The molecule has 130 valence electrons. The van der Waals surface area contributed by atoms with Crippen molar-refractivity contribution in [1.29, 1.82) is 0 Å². The molecule has 0 radical (unpaired) electrons. The second-order valence-corrected chi connectivity index (χ2v) is 7.16. The first kappa shape index (κ1) is 16.3. The molecule has 1 saturated heterocycles. The number of H-pyrrole nitrogens is 1. The van der Waals surface area contributed by atoms with Gasteiger partial charge in [-0.1, -0.05) is 24.6 Å². The molecule has 3 heteroatoms. The van der Waals surface area contributed by atoms with Gasteiger partial charge in [-0.15, -0.1) is 0 Å². The predicted molar refractivity (Wildman–Crippen MR) is 102 cm³/mol. The lowest BCUT2D eigenvalue weighted by Gasteiger charge is -2.33. The normalized spacial score (nSPS) is 18.7. The molecule has 0 amide bonds. The average Bonchev–Trinajstić information content (AvgIpc) is 3.00. The molecule has 0 saturated carbocycles. The van der Waals surface area contributed by atoms with Crippen LogP contribution in [0.4, 0.5) is 4.39 Å². The summed E-state index contributed by atoms with van der Waals surface area (Å²) < 4.78 is 13.3. The lowest BCUT2D eigenvalue weighted by Crippen LogP contribution is -2.38. The summed E-state index contributed by atoms with van der Waals surface area (Å²) in [5, 5.41) is 1.28. The highest BCUT2D eigenvalue weighted by Gasteiger charge is 2.20. The molecule has 0 unspecified atom stereocenters. The predicted octanol–water partition coefficient (Wildman–Crippen LogP) is 5.39. The molecule has 1 atom stereocenters. The molecule has 0 spiro atoms. The summed E-state index contributed by atoms with van der Waals surface area (Å²) >= 11 is 0. The van der Waals surface area contributed by atoms with Crippen LogP contribution >= 0.6 is 0 Å². The van der Waals surface area contributed by atoms with E-state index in [1.54, 1.807) is 0 Å². The third-order valence-corrected chi connectivity index (χ3v) is 5.54. The van der Waals surface area contributed by atoms with Crippen molar-refractivity contribution in [2.24, 2.45) is 0 Å². The van der Waals surface area contributed by atoms with Gasteiger partial charge in [-0.05, 0) is 74.2 Å². The van der Waals surface area contributed by atoms with Gasteiger partial charge >= 0.3 is 0 Å². The zero-order valence-electron chi connectivity index (χ0n) is 14.8. The molecule has 1 aliphatic rings. The minimum atomic E-state index is -0.191. The van der Waals surface area contributed by atoms with E-state index < -0.39 is 0 Å². The lowest BCUT2D eigenvalue weighted by molar-refractivity contribution is 0.163. The maximum atomic E-state index is 13.3. The fraction of sp³-hybridized carbons (Fsp3) is 0.364. The number of aromatic amines is 1. The minimum Gasteiger partial charge on any atom is -0.354 e. The van der Waals surface area contributed by atoms with Gasteiger partial charge in [0.05, 0.1) is 0 Å². The van der Waals surface area contributed by atoms with Crippen molar-refractivity contribution < 1.29 is 4.39 Å². The van der Waals surface area contributed by atoms with Crippen molar-refractivity contribution in [3.05, 3.63) is 59.9 Å². The van der Waals surface area contributed by atoms with Gasteiger partial charge in [0.1, 0.15) is 5.82 Å². The highest BCUT2D eigenvalue weighted by atomic mass is 19.1. The summed E-state index contributed by atoms with van der Waals surface area (Å²) in [7, 11) is 0. The number of para-hydroxylation sites is 1. The Labute approximate surface area is 148 Å². The summed E-state index contributed by atoms with van der Waals surface area (Å²) in [5.41, 5.74) is 4.69. The van der Waals surface area contributed by atoms with E-state index in [0.717, 1.165) is 29.7 Å². The number of hydrogen-bond acceptors (Lipinski definition) is 1. The average molecular weight is 336 g/mol. The third-order valence-electron chi connectivity index (χ3n) is 5.54. The highest BCUT2D eigenvalue weighted by Crippen LogP contribution is 2.31. The van der Waals surface area contributed by atoms with Crippen LogP contribution in [0.2, 0.25) is 0 Å². The van der Waals surface area contributed by atoms with E-state index in [2.05, 4.69) is 41.1 Å². The molecule has 25 heavy (non-hydrogen) atoms. The van der Waals surface area contributed by atoms with Gasteiger partial charge in [-0.3, -0.25) is 0 Å². The smallest absolute Gasteiger partial charge is 0.123 e. The van der Waals surface area contributed by atoms with Crippen LogP contribution in [-0.2, 0) is 6.42 Å². The number of nitrogens with zero attached hydrogens (tertiary/aromatic N) is 1. The number of benzene rings is 2. The molecule has 2 aromatic carbocycles. The summed E-state index contributed by atoms with van der Waals surface area (Å²) in [5.74, 6) is -0.191. The maximum absolute atomic E-state index is 13.3. The molecule has 2 heterocycles. The van der Waals surface area contributed by atoms with Crippen molar-refractivity contribution in [1.82, 2.24) is 9.88 Å². The quantitative estimate of drug-likeness (QED) is 0.677. The monoisotopic (exact) mass is 336 g/mol. The van der Waals surface area contributed by atoms with Gasteiger partial charge in [0.25, 0.3) is 0 Å². The van der Waals surface area contributed by atoms with Crippen LogP contribution in [0.5, 0.6) is 0 Å². The number of halogens is 1. The Morgan fingerprint density at radius 1 is 1.08 bits per heavy atom. The second-order valence-electron chi connectivity index (χ2n) is 7.16. The first-order chi connectivity index (χ1) is 12.2. The minimum absolute atomic E-state index is 0.191. The molecule has 1 fully saturated rings. The molecule has 4 rings (SSSR count). The first-order valence-electron chi connectivity index (χ1n) is 9.32. The Balaban J connectivity index is 1.68. The van der Waals surface area contributed by atoms with E-state index in [0.29, 0.717) is 6.04 Å². The largest absolute Gasteiger partial charge is 0.354 e. The van der Waals surface area contributed by atoms with Gasteiger partial charge in [0, 0.05) is 29.2 Å². The van der Waals surface area contributed by atoms with Gasteiger partial charge in [0.15, 0.2) is 0 Å². The second kappa shape index (κ2) is 7.01. The Hall–Kier alpha value is -2.13. The topological polar surface area (TPSA) is 19.0 Å². The highest BCUT2D eigenvalue weighted by molar-refractivity contribution is 5.90. The van der Waals surface area contributed by atoms with Gasteiger partial charge < -0.3 is 9.88 Å². The van der Waals surface area contributed by atoms with Crippen LogP contribution in [0.25, 0.3) is 22.2 Å². The van der Waals surface area contributed by atoms with Crippen LogP contribution in [-0.4, -0.2) is 29.0 Å². The number of nitrogens with one attached hydrogen (secondary N) is 1. The molecule has 0 bridgehead atoms. The first-order valence-corrected chi connectivity index (χ1v) is 9.32. The van der Waals surface area contributed by atoms with Crippen LogP contribution in [0, 0.1) is 5.82 Å². The summed E-state index contributed by atoms with van der Waals surface area (Å²) in [6, 6.07) is 16.0. The molecule has 0 aliphatic carbocycles. The van der Waals surface area contributed by atoms with E-state index >= 15 is 0 Å². The van der Waals surface area contributed by atoms with E-state index in [-0.39, 0.29) is 5.82 Å². The van der Waals surface area contributed by atoms with Crippen molar-refractivity contribution >= 4 is 10.9 Å². The zero-order chi connectivity index (χ0) is 17.2. The number of rotatable bonds is 4. The fourth-order valence-corrected chi connectivity index (χ4v) is 4.07. The molecule has 3 aromatic rings. The van der Waals surface area contributed by atoms with Crippen LogP contribution < -0.4 is 0 Å². The van der Waals surface area contributed by atoms with Crippen molar-refractivity contribution in [2.45, 2.75) is 38.6 Å². The SMILES string of the molecule is C[C@@H]1CCCCN1CCc1c(-c2ccc(F)cc2)[nH]c2ccccc12. The molecule has 1 N–H and O–H groups in total. The van der Waals surface area contributed by atoms with E-state index in [4.69, 9.17) is 0 Å². The fourth-order valence-electron chi connectivity index (χ4n) is 4.07. The van der Waals surface area contributed by atoms with Gasteiger partial charge in [-0.2, -0.15) is 0 Å². The maximum Gasteiger partial charge on any atom is 0.123 e. The number of aromatic nitrogens is 1. The summed E-state index contributed by atoms with van der Waals surface area (Å²) in [6.07, 6.45) is 4.98. The van der Waals surface area contributed by atoms with E-state index in [1.807, 2.05) is 12.1 Å².